The maximum absolute atomic E-state index is 16.8. The number of anilines is 6. The van der Waals surface area contributed by atoms with E-state index in [1.807, 2.05) is 61.5 Å². The van der Waals surface area contributed by atoms with E-state index in [9.17, 15) is 18.4 Å². The molecule has 4 nitrogen and oxygen atoms in total. The van der Waals surface area contributed by atoms with E-state index < -0.39 is 35.0 Å². The minimum Gasteiger partial charge on any atom is -0.307 e. The number of alkyl halides is 3. The molecule has 0 bridgehead atoms. The van der Waals surface area contributed by atoms with Crippen molar-refractivity contribution in [2.24, 2.45) is 0 Å². The van der Waals surface area contributed by atoms with Crippen molar-refractivity contribution in [2.75, 3.05) is 9.80 Å². The molecule has 0 aromatic heterocycles. The van der Waals surface area contributed by atoms with Crippen LogP contribution in [0.3, 0.4) is 0 Å². The van der Waals surface area contributed by atoms with Crippen molar-refractivity contribution >= 4 is 72.1 Å². The summed E-state index contributed by atoms with van der Waals surface area (Å²) in [7, 11) is 0. The number of benzene rings is 10. The Labute approximate surface area is 379 Å². The van der Waals surface area contributed by atoms with E-state index in [0.29, 0.717) is 61.8 Å². The highest BCUT2D eigenvalue weighted by atomic mass is 19.4. The van der Waals surface area contributed by atoms with Crippen LogP contribution in [0.15, 0.2) is 170 Å². The van der Waals surface area contributed by atoms with Gasteiger partial charge in [0.15, 0.2) is 17.3 Å². The molecule has 0 aliphatic rings. The van der Waals surface area contributed by atoms with E-state index in [2.05, 4.69) is 10.9 Å². The molecule has 11 heteroatoms. The van der Waals surface area contributed by atoms with Crippen LogP contribution in [0, 0.1) is 48.1 Å². The fourth-order valence-electron chi connectivity index (χ4n) is 8.90. The average Bonchev–Trinajstić information content (AvgIpc) is 3.33. The Kier molecular flexibility index (Phi) is 10.3. The van der Waals surface area contributed by atoms with Crippen molar-refractivity contribution < 1.29 is 30.7 Å². The summed E-state index contributed by atoms with van der Waals surface area (Å²) in [5.74, 6) is -3.55. The Morgan fingerprint density at radius 3 is 1.39 bits per heavy atom. The Morgan fingerprint density at radius 1 is 0.522 bits per heavy atom. The zero-order valence-corrected chi connectivity index (χ0v) is 35.1. The van der Waals surface area contributed by atoms with Gasteiger partial charge in [0.2, 0.25) is 0 Å². The lowest BCUT2D eigenvalue weighted by Gasteiger charge is -2.31. The zero-order valence-electron chi connectivity index (χ0n) is 35.1. The largest absolute Gasteiger partial charge is 0.416 e. The van der Waals surface area contributed by atoms with Crippen LogP contribution < -0.4 is 9.80 Å². The van der Waals surface area contributed by atoms with Crippen molar-refractivity contribution in [2.45, 2.75) is 13.1 Å². The molecule has 0 saturated heterocycles. The summed E-state index contributed by atoms with van der Waals surface area (Å²) in [4.78, 5) is 6.81. The van der Waals surface area contributed by atoms with Crippen molar-refractivity contribution in [1.29, 1.82) is 5.26 Å². The highest BCUT2D eigenvalue weighted by molar-refractivity contribution is 6.28. The summed E-state index contributed by atoms with van der Waals surface area (Å²) in [6, 6.07) is 45.2. The van der Waals surface area contributed by atoms with Crippen LogP contribution in [0.4, 0.5) is 70.5 Å². The first kappa shape index (κ1) is 42.3. The Morgan fingerprint density at radius 2 is 0.955 bits per heavy atom. The highest BCUT2D eigenvalue weighted by Crippen LogP contribution is 2.51. The van der Waals surface area contributed by atoms with E-state index in [1.54, 1.807) is 76.5 Å². The first-order chi connectivity index (χ1) is 32.3. The molecule has 67 heavy (non-hydrogen) atoms. The molecular formula is C56H31F7N4. The van der Waals surface area contributed by atoms with Crippen LogP contribution >= 0.6 is 0 Å². The molecule has 0 N–H and O–H groups in total. The van der Waals surface area contributed by atoms with E-state index >= 15 is 17.6 Å². The van der Waals surface area contributed by atoms with Crippen molar-refractivity contribution in [3.63, 3.8) is 0 Å². The second-order valence-corrected chi connectivity index (χ2v) is 16.1. The summed E-state index contributed by atoms with van der Waals surface area (Å²) in [6.45, 7) is 9.51. The SMILES string of the molecule is [C-]#[N+]c1ccc(N(c2c(F)cc(F)cc2-c2ccc(C)cc2)c2ccc3ccc4c(N(c5ccc(C#N)cc5)c5c(F)cc(F)cc5-c5ccc(C(F)(F)F)cc5)ccc5ccc2c3c54)cc1. The second-order valence-electron chi connectivity index (χ2n) is 16.1. The molecule has 10 rings (SSSR count). The molecule has 0 aliphatic carbocycles. The highest BCUT2D eigenvalue weighted by Gasteiger charge is 2.31. The first-order valence-corrected chi connectivity index (χ1v) is 20.8. The quantitative estimate of drug-likeness (QED) is 0.0866. The van der Waals surface area contributed by atoms with Gasteiger partial charge in [-0.3, -0.25) is 0 Å². The molecule has 0 spiro atoms. The van der Waals surface area contributed by atoms with Gasteiger partial charge in [0.25, 0.3) is 0 Å². The third kappa shape index (κ3) is 7.47. The lowest BCUT2D eigenvalue weighted by atomic mass is 9.91. The average molecular weight is 893 g/mol. The van der Waals surface area contributed by atoms with Gasteiger partial charge < -0.3 is 9.80 Å². The molecule has 0 atom stereocenters. The maximum Gasteiger partial charge on any atom is 0.416 e. The Bertz CT molecular complexity index is 3630. The standard InChI is InChI=1S/C56H31F7N4/c1-32-3-7-34(8-4-32)46-27-39(57)29-48(59)54(46)67(43-21-17-41(65-2)18-22-43)51-26-14-37-11-23-44-50(25-13-36-12-24-45(51)53(37)52(36)44)66(42-19-5-33(31-64)6-20-42)55-47(28-40(58)30-49(55)60)35-9-15-38(16-10-35)56(61,62)63/h3-30H,1H3. The fourth-order valence-corrected chi connectivity index (χ4v) is 8.90. The van der Waals surface area contributed by atoms with Crippen molar-refractivity contribution in [3.8, 4) is 28.3 Å². The summed E-state index contributed by atoms with van der Waals surface area (Å²) in [6.07, 6.45) is -4.65. The minimum atomic E-state index is -4.65. The van der Waals surface area contributed by atoms with E-state index in [4.69, 9.17) is 6.57 Å². The molecule has 0 fully saturated rings. The number of hydrogen-bond donors (Lipinski definition) is 0. The van der Waals surface area contributed by atoms with Crippen molar-refractivity contribution in [3.05, 3.63) is 221 Å². The van der Waals surface area contributed by atoms with Gasteiger partial charge in [-0.25, -0.2) is 22.4 Å². The molecule has 0 unspecified atom stereocenters. The second kappa shape index (κ2) is 16.4. The molecule has 0 amide bonds. The van der Waals surface area contributed by atoms with Crippen LogP contribution in [0.2, 0.25) is 0 Å². The molecule has 10 aromatic rings. The van der Waals surface area contributed by atoms with Crippen LogP contribution in [0.5, 0.6) is 0 Å². The van der Waals surface area contributed by atoms with Gasteiger partial charge in [-0.05, 0) is 112 Å². The zero-order chi connectivity index (χ0) is 46.7. The van der Waals surface area contributed by atoms with E-state index in [0.717, 1.165) is 46.0 Å². The minimum absolute atomic E-state index is 0.0332. The number of aryl methyl sites for hydroxylation is 1. The van der Waals surface area contributed by atoms with Crippen LogP contribution in [-0.4, -0.2) is 0 Å². The number of hydrogen-bond acceptors (Lipinski definition) is 3. The number of nitrogens with zero attached hydrogens (tertiary/aromatic N) is 4. The molecule has 324 valence electrons. The molecule has 0 saturated carbocycles. The Hall–Kier alpha value is -8.67. The summed E-state index contributed by atoms with van der Waals surface area (Å²) in [5.41, 5.74) is 3.28. The predicted octanol–water partition coefficient (Wildman–Crippen LogP) is 17.2. The summed E-state index contributed by atoms with van der Waals surface area (Å²) >= 11 is 0. The molecule has 0 radical (unpaired) electrons. The lowest BCUT2D eigenvalue weighted by Crippen LogP contribution is -2.15. The number of halogens is 7. The lowest BCUT2D eigenvalue weighted by molar-refractivity contribution is -0.137. The summed E-state index contributed by atoms with van der Waals surface area (Å²) in [5, 5.41) is 14.0. The maximum atomic E-state index is 16.8. The van der Waals surface area contributed by atoms with E-state index in [-0.39, 0.29) is 28.1 Å². The van der Waals surface area contributed by atoms with Gasteiger partial charge in [-0.1, -0.05) is 90.5 Å². The van der Waals surface area contributed by atoms with Gasteiger partial charge in [-0.2, -0.15) is 18.4 Å². The molecular weight excluding hydrogens is 862 g/mol. The predicted molar refractivity (Wildman–Crippen MR) is 251 cm³/mol. The third-order valence-electron chi connectivity index (χ3n) is 12.0. The number of rotatable bonds is 8. The molecule has 0 heterocycles. The summed E-state index contributed by atoms with van der Waals surface area (Å²) < 4.78 is 105. The van der Waals surface area contributed by atoms with Gasteiger partial charge in [0.05, 0.1) is 46.5 Å². The monoisotopic (exact) mass is 892 g/mol. The van der Waals surface area contributed by atoms with Gasteiger partial charge in [-0.15, -0.1) is 0 Å². The van der Waals surface area contributed by atoms with Crippen LogP contribution in [0.1, 0.15) is 16.7 Å². The fraction of sp³-hybridized carbons (Fsp3) is 0.0357. The van der Waals surface area contributed by atoms with Crippen LogP contribution in [0.25, 0.3) is 59.4 Å². The van der Waals surface area contributed by atoms with E-state index in [1.165, 1.54) is 18.2 Å². The normalized spacial score (nSPS) is 11.6. The first-order valence-electron chi connectivity index (χ1n) is 20.8. The number of nitriles is 1. The van der Waals surface area contributed by atoms with Gasteiger partial charge in [0.1, 0.15) is 11.6 Å². The van der Waals surface area contributed by atoms with Gasteiger partial charge >= 0.3 is 6.18 Å². The third-order valence-corrected chi connectivity index (χ3v) is 12.0. The van der Waals surface area contributed by atoms with Gasteiger partial charge in [0, 0.05) is 45.4 Å². The Balaban J connectivity index is 1.25. The van der Waals surface area contributed by atoms with Crippen molar-refractivity contribution in [1.82, 2.24) is 0 Å². The molecule has 0 aliphatic heterocycles. The smallest absolute Gasteiger partial charge is 0.307 e. The topological polar surface area (TPSA) is 34.6 Å². The molecule has 10 aromatic carbocycles. The van der Waals surface area contributed by atoms with Crippen LogP contribution in [-0.2, 0) is 6.18 Å².